The van der Waals surface area contributed by atoms with E-state index in [1.807, 2.05) is 6.07 Å². The lowest BCUT2D eigenvalue weighted by molar-refractivity contribution is -0.153. The molecule has 0 saturated carbocycles. The first-order valence-electron chi connectivity index (χ1n) is 8.06. The van der Waals surface area contributed by atoms with Crippen molar-refractivity contribution >= 4 is 17.6 Å². The normalized spacial score (nSPS) is 11.2. The number of nitrogens with one attached hydrogen (secondary N) is 1. The van der Waals surface area contributed by atoms with Crippen LogP contribution in [0.2, 0.25) is 0 Å². The van der Waals surface area contributed by atoms with E-state index in [1.165, 1.54) is 55.5 Å². The minimum Gasteiger partial charge on any atom is -0.479 e. The summed E-state index contributed by atoms with van der Waals surface area (Å²) in [5, 5.41) is 11.1. The van der Waals surface area contributed by atoms with Crippen LogP contribution in [0.1, 0.15) is 12.5 Å². The smallest absolute Gasteiger partial charge is 0.387 e. The first kappa shape index (κ1) is 20.6. The van der Waals surface area contributed by atoms with Crippen molar-refractivity contribution in [3.05, 3.63) is 54.1 Å². The molecule has 9 heteroatoms. The minimum absolute atomic E-state index is 0.0192. The fraction of sp³-hybridized carbons (Fsp3) is 0.211. The number of carbonyl (C=O) groups excluding carboxylic acids is 2. The number of carbonyl (C=O) groups is 2. The molecule has 7 nitrogen and oxygen atoms in total. The van der Waals surface area contributed by atoms with Crippen molar-refractivity contribution in [2.75, 3.05) is 11.9 Å². The van der Waals surface area contributed by atoms with E-state index in [1.54, 1.807) is 0 Å². The number of hydrogen-bond acceptors (Lipinski definition) is 6. The zero-order chi connectivity index (χ0) is 20.5. The molecule has 0 unspecified atom stereocenters. The number of halogens is 2. The SMILES string of the molecule is C[C@@H](Oc1ccc(C#N)cc1)C(=O)OCC(=O)Nc1ccccc1OC(F)F. The van der Waals surface area contributed by atoms with Crippen LogP contribution >= 0.6 is 0 Å². The van der Waals surface area contributed by atoms with Gasteiger partial charge in [0.25, 0.3) is 5.91 Å². The molecule has 0 bridgehead atoms. The Labute approximate surface area is 159 Å². The molecule has 0 radical (unpaired) electrons. The van der Waals surface area contributed by atoms with E-state index in [-0.39, 0.29) is 11.4 Å². The first-order valence-corrected chi connectivity index (χ1v) is 8.06. The number of rotatable bonds is 8. The summed E-state index contributed by atoms with van der Waals surface area (Å²) >= 11 is 0. The average molecular weight is 390 g/mol. The summed E-state index contributed by atoms with van der Waals surface area (Å²) in [6, 6.07) is 13.7. The molecule has 1 amide bonds. The van der Waals surface area contributed by atoms with Gasteiger partial charge in [-0.05, 0) is 43.3 Å². The summed E-state index contributed by atoms with van der Waals surface area (Å²) in [6.45, 7) is -2.25. The molecule has 2 aromatic carbocycles. The largest absolute Gasteiger partial charge is 0.479 e. The van der Waals surface area contributed by atoms with Gasteiger partial charge in [-0.3, -0.25) is 4.79 Å². The number of benzene rings is 2. The third-order valence-corrected chi connectivity index (χ3v) is 3.35. The second-order valence-corrected chi connectivity index (χ2v) is 5.43. The molecule has 146 valence electrons. The monoisotopic (exact) mass is 390 g/mol. The van der Waals surface area contributed by atoms with Gasteiger partial charge in [0, 0.05) is 0 Å². The number of alkyl halides is 2. The maximum atomic E-state index is 12.4. The van der Waals surface area contributed by atoms with Crippen molar-refractivity contribution in [2.45, 2.75) is 19.6 Å². The number of anilines is 1. The quantitative estimate of drug-likeness (QED) is 0.696. The molecule has 28 heavy (non-hydrogen) atoms. The number of hydrogen-bond donors (Lipinski definition) is 1. The fourth-order valence-corrected chi connectivity index (χ4v) is 2.07. The molecule has 0 saturated heterocycles. The molecule has 0 aliphatic rings. The van der Waals surface area contributed by atoms with Gasteiger partial charge in [0.1, 0.15) is 11.5 Å². The predicted molar refractivity (Wildman–Crippen MR) is 93.9 cm³/mol. The van der Waals surface area contributed by atoms with Crippen LogP contribution in [0.15, 0.2) is 48.5 Å². The van der Waals surface area contributed by atoms with E-state index in [4.69, 9.17) is 14.7 Å². The average Bonchev–Trinajstić information content (AvgIpc) is 2.67. The van der Waals surface area contributed by atoms with Gasteiger partial charge in [-0.15, -0.1) is 0 Å². The Morgan fingerprint density at radius 2 is 1.79 bits per heavy atom. The third kappa shape index (κ3) is 6.25. The number of nitriles is 1. The summed E-state index contributed by atoms with van der Waals surface area (Å²) in [5.41, 5.74) is 0.459. The molecule has 1 atom stereocenters. The molecule has 0 aliphatic heterocycles. The van der Waals surface area contributed by atoms with Crippen LogP contribution in [-0.4, -0.2) is 31.2 Å². The first-order chi connectivity index (χ1) is 13.4. The lowest BCUT2D eigenvalue weighted by Gasteiger charge is -2.14. The molecule has 2 aromatic rings. The molecular weight excluding hydrogens is 374 g/mol. The Kier molecular flexibility index (Phi) is 7.28. The molecule has 0 fully saturated rings. The molecule has 1 N–H and O–H groups in total. The lowest BCUT2D eigenvalue weighted by Crippen LogP contribution is -2.29. The number of para-hydroxylation sites is 2. The van der Waals surface area contributed by atoms with Gasteiger partial charge in [0.05, 0.1) is 17.3 Å². The van der Waals surface area contributed by atoms with Crippen molar-refractivity contribution in [3.63, 3.8) is 0 Å². The second kappa shape index (κ2) is 9.87. The van der Waals surface area contributed by atoms with Crippen LogP contribution in [-0.2, 0) is 14.3 Å². The second-order valence-electron chi connectivity index (χ2n) is 5.43. The zero-order valence-electron chi connectivity index (χ0n) is 14.7. The summed E-state index contributed by atoms with van der Waals surface area (Å²) in [5.74, 6) is -1.39. The van der Waals surface area contributed by atoms with Gasteiger partial charge in [0.15, 0.2) is 12.7 Å². The van der Waals surface area contributed by atoms with Crippen LogP contribution < -0.4 is 14.8 Å². The summed E-state index contributed by atoms with van der Waals surface area (Å²) in [6.07, 6.45) is -1.00. The van der Waals surface area contributed by atoms with E-state index in [9.17, 15) is 18.4 Å². The minimum atomic E-state index is -3.05. The fourth-order valence-electron chi connectivity index (χ4n) is 2.07. The number of amides is 1. The highest BCUT2D eigenvalue weighted by Crippen LogP contribution is 2.25. The standard InChI is InChI=1S/C19H16F2N2O5/c1-12(27-14-8-6-13(10-22)7-9-14)18(25)26-11-17(24)23-15-4-2-3-5-16(15)28-19(20)21/h2-9,12,19H,11H2,1H3,(H,23,24)/t12-/m1/s1. The van der Waals surface area contributed by atoms with Crippen molar-refractivity contribution < 1.29 is 32.6 Å². The summed E-state index contributed by atoms with van der Waals surface area (Å²) in [7, 11) is 0. The molecule has 0 heterocycles. The molecule has 2 rings (SSSR count). The van der Waals surface area contributed by atoms with Gasteiger partial charge < -0.3 is 19.5 Å². The van der Waals surface area contributed by atoms with Crippen LogP contribution in [0.3, 0.4) is 0 Å². The maximum Gasteiger partial charge on any atom is 0.387 e. The van der Waals surface area contributed by atoms with E-state index in [0.29, 0.717) is 11.3 Å². The Balaban J connectivity index is 1.85. The van der Waals surface area contributed by atoms with E-state index in [0.717, 1.165) is 0 Å². The van der Waals surface area contributed by atoms with Crippen LogP contribution in [0.4, 0.5) is 14.5 Å². The Hall–Kier alpha value is -3.67. The number of ether oxygens (including phenoxy) is 3. The van der Waals surface area contributed by atoms with Gasteiger partial charge in [-0.25, -0.2) is 4.79 Å². The third-order valence-electron chi connectivity index (χ3n) is 3.35. The Morgan fingerprint density at radius 1 is 1.11 bits per heavy atom. The number of nitrogens with zero attached hydrogens (tertiary/aromatic N) is 1. The highest BCUT2D eigenvalue weighted by molar-refractivity contribution is 5.94. The van der Waals surface area contributed by atoms with Crippen molar-refractivity contribution in [1.82, 2.24) is 0 Å². The Morgan fingerprint density at radius 3 is 2.43 bits per heavy atom. The molecule has 0 aromatic heterocycles. The lowest BCUT2D eigenvalue weighted by atomic mass is 10.2. The Bertz CT molecular complexity index is 865. The molecule has 0 spiro atoms. The predicted octanol–water partition coefficient (Wildman–Crippen LogP) is 3.11. The van der Waals surface area contributed by atoms with Crippen LogP contribution in [0.25, 0.3) is 0 Å². The maximum absolute atomic E-state index is 12.4. The summed E-state index contributed by atoms with van der Waals surface area (Å²) < 4.78 is 39.3. The molecule has 0 aliphatic carbocycles. The van der Waals surface area contributed by atoms with Gasteiger partial charge in [-0.1, -0.05) is 12.1 Å². The summed E-state index contributed by atoms with van der Waals surface area (Å²) in [4.78, 5) is 23.8. The zero-order valence-corrected chi connectivity index (χ0v) is 14.7. The topological polar surface area (TPSA) is 97.6 Å². The van der Waals surface area contributed by atoms with Crippen molar-refractivity contribution in [1.29, 1.82) is 5.26 Å². The number of esters is 1. The van der Waals surface area contributed by atoms with Gasteiger partial charge in [0.2, 0.25) is 0 Å². The van der Waals surface area contributed by atoms with E-state index >= 15 is 0 Å². The van der Waals surface area contributed by atoms with Crippen molar-refractivity contribution in [3.8, 4) is 17.6 Å². The molecular formula is C19H16F2N2O5. The van der Waals surface area contributed by atoms with E-state index < -0.39 is 31.2 Å². The van der Waals surface area contributed by atoms with Crippen LogP contribution in [0, 0.1) is 11.3 Å². The van der Waals surface area contributed by atoms with Crippen molar-refractivity contribution in [2.24, 2.45) is 0 Å². The highest BCUT2D eigenvalue weighted by atomic mass is 19.3. The van der Waals surface area contributed by atoms with Gasteiger partial charge >= 0.3 is 12.6 Å². The highest BCUT2D eigenvalue weighted by Gasteiger charge is 2.18. The van der Waals surface area contributed by atoms with Gasteiger partial charge in [-0.2, -0.15) is 14.0 Å². The van der Waals surface area contributed by atoms with Crippen LogP contribution in [0.5, 0.6) is 11.5 Å². The van der Waals surface area contributed by atoms with E-state index in [2.05, 4.69) is 10.1 Å².